The molecule has 0 unspecified atom stereocenters. The van der Waals surface area contributed by atoms with E-state index in [1.165, 1.54) is 6.33 Å². The molecule has 0 aliphatic carbocycles. The number of hydrogen-bond acceptors (Lipinski definition) is 3. The van der Waals surface area contributed by atoms with Crippen molar-refractivity contribution in [3.8, 4) is 17.3 Å². The Bertz CT molecular complexity index is 512. The van der Waals surface area contributed by atoms with Gasteiger partial charge in [0.25, 0.3) is 0 Å². The highest BCUT2D eigenvalue weighted by Gasteiger charge is 2.08. The molecule has 2 rings (SSSR count). The van der Waals surface area contributed by atoms with Crippen LogP contribution >= 0.6 is 0 Å². The summed E-state index contributed by atoms with van der Waals surface area (Å²) in [7, 11) is 0. The van der Waals surface area contributed by atoms with Gasteiger partial charge < -0.3 is 0 Å². The van der Waals surface area contributed by atoms with Crippen molar-refractivity contribution >= 4 is 0 Å². The zero-order valence-corrected chi connectivity index (χ0v) is 8.31. The molecule has 15 heavy (non-hydrogen) atoms. The molecule has 0 radical (unpaired) electrons. The topological polar surface area (TPSA) is 49.6 Å². The van der Waals surface area contributed by atoms with Crippen molar-refractivity contribution in [2.75, 3.05) is 0 Å². The highest BCUT2D eigenvalue weighted by Crippen LogP contribution is 2.21. The second-order valence-corrected chi connectivity index (χ2v) is 3.16. The van der Waals surface area contributed by atoms with E-state index in [2.05, 4.69) is 16.0 Å². The predicted octanol–water partition coefficient (Wildman–Crippen LogP) is 2.32. The molecule has 0 saturated heterocycles. The minimum absolute atomic E-state index is 0.545. The smallest absolute Gasteiger partial charge is 0.116 e. The third kappa shape index (κ3) is 1.70. The first kappa shape index (κ1) is 9.35. The summed E-state index contributed by atoms with van der Waals surface area (Å²) in [5, 5.41) is 9.03. The van der Waals surface area contributed by atoms with Gasteiger partial charge in [0.05, 0.1) is 17.0 Å². The Kier molecular flexibility index (Phi) is 2.42. The first-order valence-electron chi connectivity index (χ1n) is 4.60. The van der Waals surface area contributed by atoms with Crippen LogP contribution in [0.4, 0.5) is 0 Å². The summed E-state index contributed by atoms with van der Waals surface area (Å²) in [6, 6.07) is 11.8. The van der Waals surface area contributed by atoms with Crippen molar-refractivity contribution in [3.05, 3.63) is 47.9 Å². The molecule has 0 aliphatic heterocycles. The van der Waals surface area contributed by atoms with E-state index in [-0.39, 0.29) is 0 Å². The summed E-state index contributed by atoms with van der Waals surface area (Å²) in [4.78, 5) is 8.15. The summed E-state index contributed by atoms with van der Waals surface area (Å²) in [6.07, 6.45) is 1.48. The van der Waals surface area contributed by atoms with Crippen LogP contribution in [0.3, 0.4) is 0 Å². The molecule has 2 aromatic rings. The minimum Gasteiger partial charge on any atom is -0.240 e. The normalized spacial score (nSPS) is 9.60. The molecule has 0 aliphatic rings. The number of aromatic nitrogens is 2. The van der Waals surface area contributed by atoms with E-state index in [4.69, 9.17) is 5.26 Å². The third-order valence-electron chi connectivity index (χ3n) is 2.20. The van der Waals surface area contributed by atoms with Crippen LogP contribution in [0, 0.1) is 18.3 Å². The van der Waals surface area contributed by atoms with Gasteiger partial charge in [-0.15, -0.1) is 0 Å². The second kappa shape index (κ2) is 3.89. The van der Waals surface area contributed by atoms with E-state index < -0.39 is 0 Å². The summed E-state index contributed by atoms with van der Waals surface area (Å²) in [5.41, 5.74) is 2.90. The molecule has 1 aromatic heterocycles. The van der Waals surface area contributed by atoms with Gasteiger partial charge in [-0.05, 0) is 6.92 Å². The zero-order valence-electron chi connectivity index (χ0n) is 8.31. The van der Waals surface area contributed by atoms with E-state index in [1.54, 1.807) is 0 Å². The van der Waals surface area contributed by atoms with E-state index in [0.717, 1.165) is 5.56 Å². The number of benzene rings is 1. The van der Waals surface area contributed by atoms with Crippen molar-refractivity contribution < 1.29 is 0 Å². The molecule has 1 aromatic carbocycles. The van der Waals surface area contributed by atoms with Crippen molar-refractivity contribution in [1.82, 2.24) is 9.97 Å². The van der Waals surface area contributed by atoms with Gasteiger partial charge in [0.15, 0.2) is 0 Å². The Balaban J connectivity index is 2.65. The first-order valence-corrected chi connectivity index (χ1v) is 4.60. The van der Waals surface area contributed by atoms with Crippen molar-refractivity contribution in [3.63, 3.8) is 0 Å². The van der Waals surface area contributed by atoms with E-state index in [9.17, 15) is 0 Å². The molecule has 1 heterocycles. The molecular formula is C12H9N3. The molecule has 72 valence electrons. The van der Waals surface area contributed by atoms with E-state index in [0.29, 0.717) is 17.0 Å². The van der Waals surface area contributed by atoms with Gasteiger partial charge in [0, 0.05) is 5.56 Å². The van der Waals surface area contributed by atoms with Gasteiger partial charge >= 0.3 is 0 Å². The molecule has 0 atom stereocenters. The second-order valence-electron chi connectivity index (χ2n) is 3.16. The molecule has 3 nitrogen and oxygen atoms in total. The molecule has 0 amide bonds. The Labute approximate surface area is 88.1 Å². The summed E-state index contributed by atoms with van der Waals surface area (Å²) in [5.74, 6) is 0. The monoisotopic (exact) mass is 195 g/mol. The van der Waals surface area contributed by atoms with Gasteiger partial charge in [-0.25, -0.2) is 9.97 Å². The maximum Gasteiger partial charge on any atom is 0.116 e. The fourth-order valence-corrected chi connectivity index (χ4v) is 1.42. The standard InChI is InChI=1S/C12H9N3/c1-9-11(7-13)12(15-8-14-9)10-5-3-2-4-6-10/h2-6,8H,1H3. The van der Waals surface area contributed by atoms with Crippen LogP contribution < -0.4 is 0 Å². The maximum absolute atomic E-state index is 9.03. The quantitative estimate of drug-likeness (QED) is 0.701. The number of rotatable bonds is 1. The Morgan fingerprint density at radius 2 is 1.87 bits per heavy atom. The lowest BCUT2D eigenvalue weighted by molar-refractivity contribution is 1.09. The van der Waals surface area contributed by atoms with Crippen LogP contribution in [0.2, 0.25) is 0 Å². The highest BCUT2D eigenvalue weighted by molar-refractivity contribution is 5.66. The zero-order chi connectivity index (χ0) is 10.7. The molecule has 0 spiro atoms. The van der Waals surface area contributed by atoms with Gasteiger partial charge in [-0.3, -0.25) is 0 Å². The SMILES string of the molecule is Cc1ncnc(-c2ccccc2)c1C#N. The minimum atomic E-state index is 0.545. The lowest BCUT2D eigenvalue weighted by Crippen LogP contribution is -1.95. The van der Waals surface area contributed by atoms with Crippen LogP contribution in [-0.4, -0.2) is 9.97 Å². The maximum atomic E-state index is 9.03. The largest absolute Gasteiger partial charge is 0.240 e. The summed E-state index contributed by atoms with van der Waals surface area (Å²) in [6.45, 7) is 1.81. The number of nitrogens with zero attached hydrogens (tertiary/aromatic N) is 3. The summed E-state index contributed by atoms with van der Waals surface area (Å²) < 4.78 is 0. The average Bonchev–Trinajstić information content (AvgIpc) is 2.30. The van der Waals surface area contributed by atoms with Crippen molar-refractivity contribution in [1.29, 1.82) is 5.26 Å². The fourth-order valence-electron chi connectivity index (χ4n) is 1.42. The van der Waals surface area contributed by atoms with Crippen LogP contribution in [0.15, 0.2) is 36.7 Å². The van der Waals surface area contributed by atoms with E-state index in [1.807, 2.05) is 37.3 Å². The third-order valence-corrected chi connectivity index (χ3v) is 2.20. The molecular weight excluding hydrogens is 186 g/mol. The lowest BCUT2D eigenvalue weighted by atomic mass is 10.1. The predicted molar refractivity (Wildman–Crippen MR) is 56.9 cm³/mol. The van der Waals surface area contributed by atoms with Crippen LogP contribution in [0.1, 0.15) is 11.3 Å². The number of nitriles is 1. The van der Waals surface area contributed by atoms with Crippen LogP contribution in [0.25, 0.3) is 11.3 Å². The van der Waals surface area contributed by atoms with Crippen molar-refractivity contribution in [2.45, 2.75) is 6.92 Å². The van der Waals surface area contributed by atoms with Crippen molar-refractivity contribution in [2.24, 2.45) is 0 Å². The Morgan fingerprint density at radius 1 is 1.13 bits per heavy atom. The van der Waals surface area contributed by atoms with Gasteiger partial charge in [0.2, 0.25) is 0 Å². The van der Waals surface area contributed by atoms with E-state index >= 15 is 0 Å². The average molecular weight is 195 g/mol. The highest BCUT2D eigenvalue weighted by atomic mass is 14.8. The molecule has 0 N–H and O–H groups in total. The molecule has 0 saturated carbocycles. The Morgan fingerprint density at radius 3 is 2.53 bits per heavy atom. The Hall–Kier alpha value is -2.21. The lowest BCUT2D eigenvalue weighted by Gasteiger charge is -2.03. The summed E-state index contributed by atoms with van der Waals surface area (Å²) >= 11 is 0. The number of aryl methyl sites for hydroxylation is 1. The molecule has 0 fully saturated rings. The van der Waals surface area contributed by atoms with Gasteiger partial charge in [0.1, 0.15) is 12.4 Å². The van der Waals surface area contributed by atoms with Crippen LogP contribution in [-0.2, 0) is 0 Å². The fraction of sp³-hybridized carbons (Fsp3) is 0.0833. The van der Waals surface area contributed by atoms with Gasteiger partial charge in [-0.2, -0.15) is 5.26 Å². The number of hydrogen-bond donors (Lipinski definition) is 0. The van der Waals surface area contributed by atoms with Gasteiger partial charge in [-0.1, -0.05) is 30.3 Å². The molecule has 0 bridgehead atoms. The molecule has 3 heteroatoms. The first-order chi connectivity index (χ1) is 7.33. The van der Waals surface area contributed by atoms with Crippen LogP contribution in [0.5, 0.6) is 0 Å².